The third kappa shape index (κ3) is 5.35. The van der Waals surface area contributed by atoms with Crippen LogP contribution < -0.4 is 10.6 Å². The van der Waals surface area contributed by atoms with E-state index < -0.39 is 0 Å². The number of carbonyl (C=O) groups is 2. The van der Waals surface area contributed by atoms with Gasteiger partial charge in [-0.05, 0) is 40.8 Å². The van der Waals surface area contributed by atoms with Crippen molar-refractivity contribution < 1.29 is 9.59 Å². The number of hydrogen-bond acceptors (Lipinski definition) is 2. The van der Waals surface area contributed by atoms with Crippen molar-refractivity contribution in [2.24, 2.45) is 0 Å². The quantitative estimate of drug-likeness (QED) is 0.557. The van der Waals surface area contributed by atoms with Gasteiger partial charge in [-0.15, -0.1) is 0 Å². The SMILES string of the molecule is CN(C)C(=O)NCCNC(=O)c1cc(Br)ccc1I. The van der Waals surface area contributed by atoms with Crippen molar-refractivity contribution in [3.05, 3.63) is 31.8 Å². The summed E-state index contributed by atoms with van der Waals surface area (Å²) in [5.41, 5.74) is 0.619. The van der Waals surface area contributed by atoms with Crippen molar-refractivity contribution in [2.75, 3.05) is 27.2 Å². The largest absolute Gasteiger partial charge is 0.350 e. The molecule has 0 atom stereocenters. The van der Waals surface area contributed by atoms with Crippen molar-refractivity contribution in [1.29, 1.82) is 0 Å². The van der Waals surface area contributed by atoms with E-state index in [9.17, 15) is 9.59 Å². The van der Waals surface area contributed by atoms with Crippen LogP contribution in [0.15, 0.2) is 22.7 Å². The fourth-order valence-electron chi connectivity index (χ4n) is 1.27. The van der Waals surface area contributed by atoms with Gasteiger partial charge in [0.1, 0.15) is 0 Å². The van der Waals surface area contributed by atoms with Gasteiger partial charge in [0.05, 0.1) is 5.56 Å². The predicted octanol–water partition coefficient (Wildman–Crippen LogP) is 2.05. The Bertz CT molecular complexity index is 480. The highest BCUT2D eigenvalue weighted by molar-refractivity contribution is 14.1. The Labute approximate surface area is 134 Å². The summed E-state index contributed by atoms with van der Waals surface area (Å²) < 4.78 is 1.75. The molecule has 1 aromatic rings. The topological polar surface area (TPSA) is 61.4 Å². The van der Waals surface area contributed by atoms with Gasteiger partial charge in [-0.1, -0.05) is 15.9 Å². The highest BCUT2D eigenvalue weighted by Crippen LogP contribution is 2.18. The number of urea groups is 1. The van der Waals surface area contributed by atoms with Gasteiger partial charge in [0.15, 0.2) is 0 Å². The van der Waals surface area contributed by atoms with E-state index in [1.54, 1.807) is 20.2 Å². The third-order valence-electron chi connectivity index (χ3n) is 2.27. The Morgan fingerprint density at radius 3 is 2.53 bits per heavy atom. The molecule has 0 heterocycles. The van der Waals surface area contributed by atoms with Gasteiger partial charge in [0, 0.05) is 35.2 Å². The molecule has 0 aliphatic heterocycles. The Morgan fingerprint density at radius 2 is 1.89 bits per heavy atom. The van der Waals surface area contributed by atoms with Crippen LogP contribution in [0, 0.1) is 3.57 Å². The summed E-state index contributed by atoms with van der Waals surface area (Å²) in [6.07, 6.45) is 0. The molecule has 0 aromatic heterocycles. The molecular formula is C12H15BrIN3O2. The highest BCUT2D eigenvalue weighted by Gasteiger charge is 2.10. The molecule has 2 N–H and O–H groups in total. The van der Waals surface area contributed by atoms with Crippen LogP contribution in [0.5, 0.6) is 0 Å². The molecule has 0 bridgehead atoms. The molecule has 0 saturated heterocycles. The summed E-state index contributed by atoms with van der Waals surface area (Å²) >= 11 is 5.45. The number of halogens is 2. The second-order valence-electron chi connectivity index (χ2n) is 4.01. The van der Waals surface area contributed by atoms with Gasteiger partial charge in [-0.25, -0.2) is 4.79 Å². The summed E-state index contributed by atoms with van der Waals surface area (Å²) in [5.74, 6) is -0.148. The van der Waals surface area contributed by atoms with Crippen molar-refractivity contribution >= 4 is 50.5 Å². The molecule has 0 aliphatic rings. The summed E-state index contributed by atoms with van der Waals surface area (Å²) in [4.78, 5) is 24.6. The second-order valence-corrected chi connectivity index (χ2v) is 6.08. The standard InChI is InChI=1S/C12H15BrIN3O2/c1-17(2)12(19)16-6-5-15-11(18)9-7-8(13)3-4-10(9)14/h3-4,7H,5-6H2,1-2H3,(H,15,18)(H,16,19). The predicted molar refractivity (Wildman–Crippen MR) is 86.3 cm³/mol. The molecule has 0 unspecified atom stereocenters. The maximum atomic E-state index is 11.9. The van der Waals surface area contributed by atoms with Gasteiger partial charge >= 0.3 is 6.03 Å². The number of benzene rings is 1. The van der Waals surface area contributed by atoms with Crippen molar-refractivity contribution in [1.82, 2.24) is 15.5 Å². The lowest BCUT2D eigenvalue weighted by molar-refractivity contribution is 0.0952. The van der Waals surface area contributed by atoms with Crippen molar-refractivity contribution in [2.45, 2.75) is 0 Å². The van der Waals surface area contributed by atoms with E-state index in [1.807, 2.05) is 12.1 Å². The molecule has 0 fully saturated rings. The first-order valence-corrected chi connectivity index (χ1v) is 7.47. The molecule has 0 saturated carbocycles. The summed E-state index contributed by atoms with van der Waals surface area (Å²) in [6, 6.07) is 5.35. The van der Waals surface area contributed by atoms with Crippen LogP contribution in [-0.4, -0.2) is 44.0 Å². The monoisotopic (exact) mass is 439 g/mol. The van der Waals surface area contributed by atoms with Gasteiger partial charge in [0.2, 0.25) is 0 Å². The van der Waals surface area contributed by atoms with E-state index in [0.29, 0.717) is 18.7 Å². The minimum absolute atomic E-state index is 0.148. The van der Waals surface area contributed by atoms with Gasteiger partial charge < -0.3 is 15.5 Å². The Balaban J connectivity index is 2.44. The van der Waals surface area contributed by atoms with Gasteiger partial charge in [-0.2, -0.15) is 0 Å². The van der Waals surface area contributed by atoms with Crippen LogP contribution in [0.4, 0.5) is 4.79 Å². The zero-order valence-corrected chi connectivity index (χ0v) is 14.4. The first-order chi connectivity index (χ1) is 8.91. The Morgan fingerprint density at radius 1 is 1.26 bits per heavy atom. The van der Waals surface area contributed by atoms with E-state index in [0.717, 1.165) is 8.04 Å². The maximum Gasteiger partial charge on any atom is 0.316 e. The van der Waals surface area contributed by atoms with Crippen LogP contribution in [0.1, 0.15) is 10.4 Å². The molecule has 3 amide bonds. The summed E-state index contributed by atoms with van der Waals surface area (Å²) in [5, 5.41) is 5.44. The van der Waals surface area contributed by atoms with E-state index in [-0.39, 0.29) is 11.9 Å². The zero-order valence-electron chi connectivity index (χ0n) is 10.7. The lowest BCUT2D eigenvalue weighted by Gasteiger charge is -2.12. The fraction of sp³-hybridized carbons (Fsp3) is 0.333. The smallest absolute Gasteiger partial charge is 0.316 e. The average molecular weight is 440 g/mol. The number of amides is 3. The summed E-state index contributed by atoms with van der Waals surface area (Å²) in [6.45, 7) is 0.786. The Kier molecular flexibility index (Phi) is 6.56. The first kappa shape index (κ1) is 16.2. The van der Waals surface area contributed by atoms with E-state index >= 15 is 0 Å². The lowest BCUT2D eigenvalue weighted by Crippen LogP contribution is -2.39. The maximum absolute atomic E-state index is 11.9. The minimum Gasteiger partial charge on any atom is -0.350 e. The zero-order chi connectivity index (χ0) is 14.4. The normalized spacial score (nSPS) is 9.89. The molecule has 0 spiro atoms. The number of carbonyl (C=O) groups excluding carboxylic acids is 2. The molecule has 5 nitrogen and oxygen atoms in total. The number of nitrogens with one attached hydrogen (secondary N) is 2. The molecule has 0 radical (unpaired) electrons. The minimum atomic E-state index is -0.175. The molecule has 1 aromatic carbocycles. The first-order valence-electron chi connectivity index (χ1n) is 5.60. The molecule has 104 valence electrons. The third-order valence-corrected chi connectivity index (χ3v) is 3.70. The van der Waals surface area contributed by atoms with Crippen LogP contribution in [0.3, 0.4) is 0 Å². The van der Waals surface area contributed by atoms with Crippen LogP contribution in [-0.2, 0) is 0 Å². The van der Waals surface area contributed by atoms with E-state index in [4.69, 9.17) is 0 Å². The number of hydrogen-bond donors (Lipinski definition) is 2. The second kappa shape index (κ2) is 7.68. The van der Waals surface area contributed by atoms with E-state index in [2.05, 4.69) is 49.2 Å². The fourth-order valence-corrected chi connectivity index (χ4v) is 2.21. The average Bonchev–Trinajstić information content (AvgIpc) is 2.36. The molecular weight excluding hydrogens is 425 g/mol. The van der Waals surface area contributed by atoms with Gasteiger partial charge in [0.25, 0.3) is 5.91 Å². The number of rotatable bonds is 4. The molecule has 19 heavy (non-hydrogen) atoms. The van der Waals surface area contributed by atoms with Crippen LogP contribution in [0.25, 0.3) is 0 Å². The van der Waals surface area contributed by atoms with Crippen molar-refractivity contribution in [3.63, 3.8) is 0 Å². The highest BCUT2D eigenvalue weighted by atomic mass is 127. The molecule has 1 rings (SSSR count). The number of nitrogens with zero attached hydrogens (tertiary/aromatic N) is 1. The Hall–Kier alpha value is -0.830. The molecule has 0 aliphatic carbocycles. The van der Waals surface area contributed by atoms with E-state index in [1.165, 1.54) is 4.90 Å². The van der Waals surface area contributed by atoms with Crippen molar-refractivity contribution in [3.8, 4) is 0 Å². The van der Waals surface area contributed by atoms with Gasteiger partial charge in [-0.3, -0.25) is 4.79 Å². The lowest BCUT2D eigenvalue weighted by atomic mass is 10.2. The van der Waals surface area contributed by atoms with Crippen LogP contribution in [0.2, 0.25) is 0 Å². The van der Waals surface area contributed by atoms with Crippen LogP contribution >= 0.6 is 38.5 Å². The summed E-state index contributed by atoms with van der Waals surface area (Å²) in [7, 11) is 3.33. The molecule has 7 heteroatoms.